The quantitative estimate of drug-likeness (QED) is 0.727. The lowest BCUT2D eigenvalue weighted by Crippen LogP contribution is -2.08. The predicted molar refractivity (Wildman–Crippen MR) is 45.8 cm³/mol. The molecular formula is C9H4F3N3. The Hall–Kier alpha value is -2.03. The van der Waals surface area contributed by atoms with Crippen LogP contribution in [0.1, 0.15) is 11.1 Å². The van der Waals surface area contributed by atoms with Crippen LogP contribution >= 0.6 is 0 Å². The first kappa shape index (κ1) is 9.52. The number of aromatic amines is 1. The number of nitrogens with zero attached hydrogens (tertiary/aromatic N) is 2. The van der Waals surface area contributed by atoms with Crippen LogP contribution in [0.5, 0.6) is 0 Å². The fourth-order valence-corrected chi connectivity index (χ4v) is 1.34. The summed E-state index contributed by atoms with van der Waals surface area (Å²) in [7, 11) is 0. The van der Waals surface area contributed by atoms with Crippen LogP contribution in [0, 0.1) is 11.3 Å². The number of hydrogen-bond donors (Lipinski definition) is 1. The summed E-state index contributed by atoms with van der Waals surface area (Å²) in [6, 6.07) is 2.95. The number of aromatic nitrogens is 2. The maximum atomic E-state index is 12.5. The molecule has 0 aliphatic carbocycles. The second-order valence-corrected chi connectivity index (χ2v) is 2.90. The van der Waals surface area contributed by atoms with Crippen LogP contribution in [-0.2, 0) is 6.18 Å². The number of nitrogens with one attached hydrogen (secondary N) is 1. The van der Waals surface area contributed by atoms with E-state index >= 15 is 0 Å². The Labute approximate surface area is 82.2 Å². The average Bonchev–Trinajstić information content (AvgIpc) is 2.61. The molecule has 2 heterocycles. The van der Waals surface area contributed by atoms with Gasteiger partial charge < -0.3 is 4.98 Å². The van der Waals surface area contributed by atoms with Crippen LogP contribution in [0.25, 0.3) is 11.0 Å². The van der Waals surface area contributed by atoms with Crippen LogP contribution in [0.3, 0.4) is 0 Å². The van der Waals surface area contributed by atoms with E-state index in [1.54, 1.807) is 6.07 Å². The molecule has 2 rings (SSSR count). The van der Waals surface area contributed by atoms with Gasteiger partial charge in [0.15, 0.2) is 0 Å². The van der Waals surface area contributed by atoms with Crippen LogP contribution in [-0.4, -0.2) is 9.97 Å². The first-order chi connectivity index (χ1) is 7.04. The minimum Gasteiger partial charge on any atom is -0.346 e. The molecule has 0 atom stereocenters. The maximum Gasteiger partial charge on any atom is 0.419 e. The highest BCUT2D eigenvalue weighted by molar-refractivity contribution is 5.83. The molecule has 0 spiro atoms. The number of pyridine rings is 1. The lowest BCUT2D eigenvalue weighted by atomic mass is 10.1. The number of alkyl halides is 3. The Morgan fingerprint density at radius 1 is 1.40 bits per heavy atom. The molecular weight excluding hydrogens is 207 g/mol. The molecule has 0 fully saturated rings. The molecule has 0 amide bonds. The fourth-order valence-electron chi connectivity index (χ4n) is 1.34. The van der Waals surface area contributed by atoms with E-state index in [2.05, 4.69) is 9.97 Å². The Morgan fingerprint density at radius 3 is 2.73 bits per heavy atom. The van der Waals surface area contributed by atoms with Gasteiger partial charge in [-0.25, -0.2) is 4.98 Å². The van der Waals surface area contributed by atoms with E-state index in [1.165, 1.54) is 12.3 Å². The molecule has 76 valence electrons. The average molecular weight is 211 g/mol. The Balaban J connectivity index is 2.82. The molecule has 0 aromatic carbocycles. The van der Waals surface area contributed by atoms with Crippen molar-refractivity contribution in [3.63, 3.8) is 0 Å². The summed E-state index contributed by atoms with van der Waals surface area (Å²) in [4.78, 5) is 6.23. The van der Waals surface area contributed by atoms with Gasteiger partial charge in [-0.1, -0.05) is 0 Å². The van der Waals surface area contributed by atoms with E-state index < -0.39 is 17.3 Å². The molecule has 15 heavy (non-hydrogen) atoms. The SMILES string of the molecule is N#Cc1c(C(F)(F)F)cnc2[nH]ccc12. The summed E-state index contributed by atoms with van der Waals surface area (Å²) in [5.74, 6) is 0. The number of fused-ring (bicyclic) bond motifs is 1. The fraction of sp³-hybridized carbons (Fsp3) is 0.111. The molecule has 3 nitrogen and oxygen atoms in total. The first-order valence-corrected chi connectivity index (χ1v) is 3.97. The lowest BCUT2D eigenvalue weighted by molar-refractivity contribution is -0.137. The van der Waals surface area contributed by atoms with Crippen LogP contribution < -0.4 is 0 Å². The minimum atomic E-state index is -4.55. The molecule has 6 heteroatoms. The molecule has 0 bridgehead atoms. The zero-order valence-corrected chi connectivity index (χ0v) is 7.26. The van der Waals surface area contributed by atoms with Gasteiger partial charge >= 0.3 is 6.18 Å². The monoisotopic (exact) mass is 211 g/mol. The van der Waals surface area contributed by atoms with E-state index in [1.807, 2.05) is 0 Å². The summed E-state index contributed by atoms with van der Waals surface area (Å²) in [6.07, 6.45) is -2.44. The van der Waals surface area contributed by atoms with E-state index in [9.17, 15) is 13.2 Å². The minimum absolute atomic E-state index is 0.187. The summed E-state index contributed by atoms with van der Waals surface area (Å²) in [5.41, 5.74) is -1.12. The number of nitriles is 1. The standard InChI is InChI=1S/C9H4F3N3/c10-9(11,12)7-4-15-8-5(1-2-14-8)6(7)3-13/h1-2,4H,(H,14,15). The van der Waals surface area contributed by atoms with Gasteiger partial charge in [0.1, 0.15) is 11.7 Å². The third-order valence-electron chi connectivity index (χ3n) is 2.00. The smallest absolute Gasteiger partial charge is 0.346 e. The predicted octanol–water partition coefficient (Wildman–Crippen LogP) is 2.45. The van der Waals surface area contributed by atoms with Crippen molar-refractivity contribution in [2.24, 2.45) is 0 Å². The Kier molecular flexibility index (Phi) is 1.89. The zero-order valence-electron chi connectivity index (χ0n) is 7.26. The van der Waals surface area contributed by atoms with E-state index in [-0.39, 0.29) is 11.0 Å². The highest BCUT2D eigenvalue weighted by atomic mass is 19.4. The molecule has 0 saturated carbocycles. The number of halogens is 3. The molecule has 2 aromatic rings. The molecule has 0 radical (unpaired) electrons. The van der Waals surface area contributed by atoms with Gasteiger partial charge in [-0.05, 0) is 6.07 Å². The van der Waals surface area contributed by atoms with Crippen molar-refractivity contribution in [3.05, 3.63) is 29.6 Å². The van der Waals surface area contributed by atoms with Gasteiger partial charge in [-0.3, -0.25) is 0 Å². The second-order valence-electron chi connectivity index (χ2n) is 2.90. The van der Waals surface area contributed by atoms with Gasteiger partial charge in [0.25, 0.3) is 0 Å². The highest BCUT2D eigenvalue weighted by Gasteiger charge is 2.35. The summed E-state index contributed by atoms with van der Waals surface area (Å²) < 4.78 is 37.4. The van der Waals surface area contributed by atoms with Crippen LogP contribution in [0.4, 0.5) is 13.2 Å². The molecule has 2 aromatic heterocycles. The third kappa shape index (κ3) is 1.42. The van der Waals surface area contributed by atoms with Crippen molar-refractivity contribution < 1.29 is 13.2 Å². The van der Waals surface area contributed by atoms with Crippen molar-refractivity contribution in [1.82, 2.24) is 9.97 Å². The first-order valence-electron chi connectivity index (χ1n) is 3.97. The summed E-state index contributed by atoms with van der Waals surface area (Å²) in [5, 5.41) is 8.89. The maximum absolute atomic E-state index is 12.5. The Bertz CT molecular complexity index is 548. The molecule has 1 N–H and O–H groups in total. The van der Waals surface area contributed by atoms with Gasteiger partial charge in [0.05, 0.1) is 11.1 Å². The lowest BCUT2D eigenvalue weighted by Gasteiger charge is -2.07. The van der Waals surface area contributed by atoms with Gasteiger partial charge in [0.2, 0.25) is 0 Å². The second kappa shape index (κ2) is 2.98. The van der Waals surface area contributed by atoms with Gasteiger partial charge in [-0.15, -0.1) is 0 Å². The normalized spacial score (nSPS) is 11.6. The van der Waals surface area contributed by atoms with Gasteiger partial charge in [-0.2, -0.15) is 18.4 Å². The third-order valence-corrected chi connectivity index (χ3v) is 2.00. The van der Waals surface area contributed by atoms with Crippen molar-refractivity contribution in [3.8, 4) is 6.07 Å². The van der Waals surface area contributed by atoms with Gasteiger partial charge in [0, 0.05) is 17.8 Å². The van der Waals surface area contributed by atoms with Crippen molar-refractivity contribution in [2.45, 2.75) is 6.18 Å². The van der Waals surface area contributed by atoms with Crippen LogP contribution in [0.15, 0.2) is 18.5 Å². The van der Waals surface area contributed by atoms with Crippen LogP contribution in [0.2, 0.25) is 0 Å². The largest absolute Gasteiger partial charge is 0.419 e. The molecule has 0 aliphatic rings. The topological polar surface area (TPSA) is 52.5 Å². The molecule has 0 saturated heterocycles. The highest BCUT2D eigenvalue weighted by Crippen LogP contribution is 2.33. The summed E-state index contributed by atoms with van der Waals surface area (Å²) >= 11 is 0. The zero-order chi connectivity index (χ0) is 11.1. The molecule has 0 unspecified atom stereocenters. The molecule has 0 aliphatic heterocycles. The van der Waals surface area contributed by atoms with Crippen molar-refractivity contribution in [2.75, 3.05) is 0 Å². The van der Waals surface area contributed by atoms with E-state index in [0.29, 0.717) is 6.20 Å². The number of hydrogen-bond acceptors (Lipinski definition) is 2. The number of H-pyrrole nitrogens is 1. The van der Waals surface area contributed by atoms with Crippen molar-refractivity contribution >= 4 is 11.0 Å². The Morgan fingerprint density at radius 2 is 2.13 bits per heavy atom. The van der Waals surface area contributed by atoms with Crippen molar-refractivity contribution in [1.29, 1.82) is 5.26 Å². The number of rotatable bonds is 0. The summed E-state index contributed by atoms with van der Waals surface area (Å²) in [6.45, 7) is 0. The van der Waals surface area contributed by atoms with E-state index in [0.717, 1.165) is 0 Å². The van der Waals surface area contributed by atoms with E-state index in [4.69, 9.17) is 5.26 Å².